The third kappa shape index (κ3) is 4.79. The summed E-state index contributed by atoms with van der Waals surface area (Å²) >= 11 is -0.675. The molecule has 0 spiro atoms. The van der Waals surface area contributed by atoms with Gasteiger partial charge in [-0.15, -0.1) is 11.3 Å². The first kappa shape index (κ1) is 17.9. The lowest BCUT2D eigenvalue weighted by molar-refractivity contribution is 0.538. The molecule has 130 valence electrons. The minimum Gasteiger partial charge on any atom is -0.760 e. The zero-order valence-electron chi connectivity index (χ0n) is 13.2. The molecule has 3 atom stereocenters. The molecule has 2 N–H and O–H groups in total. The van der Waals surface area contributed by atoms with Gasteiger partial charge in [0.25, 0.3) is 0 Å². The smallest absolute Gasteiger partial charge is 0.123 e. The molecule has 0 saturated heterocycles. The summed E-state index contributed by atoms with van der Waals surface area (Å²) in [5, 5.41) is 7.23. The molecule has 0 bridgehead atoms. The Labute approximate surface area is 152 Å². The van der Waals surface area contributed by atoms with Crippen molar-refractivity contribution in [2.45, 2.75) is 18.3 Å². The van der Waals surface area contributed by atoms with Gasteiger partial charge in [0, 0.05) is 28.1 Å². The lowest BCUT2D eigenvalue weighted by Gasteiger charge is -1.98. The van der Waals surface area contributed by atoms with E-state index >= 15 is 0 Å². The molecule has 4 rings (SSSR count). The number of rotatable bonds is 3. The fourth-order valence-corrected chi connectivity index (χ4v) is 3.78. The highest BCUT2D eigenvalue weighted by Gasteiger charge is 2.41. The van der Waals surface area contributed by atoms with Gasteiger partial charge in [0.1, 0.15) is 5.82 Å². The summed E-state index contributed by atoms with van der Waals surface area (Å²) in [5.41, 5.74) is 3.13. The van der Waals surface area contributed by atoms with E-state index in [1.54, 1.807) is 23.5 Å². The van der Waals surface area contributed by atoms with Crippen molar-refractivity contribution in [2.24, 2.45) is 5.14 Å². The van der Waals surface area contributed by atoms with Crippen molar-refractivity contribution in [3.05, 3.63) is 76.4 Å². The highest BCUT2D eigenvalue weighted by Crippen LogP contribution is 2.55. The normalized spacial score (nSPS) is 19.6. The zero-order chi connectivity index (χ0) is 17.8. The number of aromatic nitrogens is 1. The molecule has 1 aromatic heterocycles. The van der Waals surface area contributed by atoms with Crippen molar-refractivity contribution in [2.75, 3.05) is 0 Å². The first-order valence-corrected chi connectivity index (χ1v) is 9.66. The summed E-state index contributed by atoms with van der Waals surface area (Å²) in [6.07, 6.45) is 1.17. The molecule has 2 aromatic carbocycles. The van der Waals surface area contributed by atoms with E-state index < -0.39 is 11.3 Å². The molecule has 1 aliphatic carbocycles. The van der Waals surface area contributed by atoms with Crippen LogP contribution in [0, 0.1) is 5.82 Å². The van der Waals surface area contributed by atoms with Crippen LogP contribution >= 0.6 is 11.3 Å². The van der Waals surface area contributed by atoms with Crippen molar-refractivity contribution in [1.82, 2.24) is 4.98 Å². The molecule has 1 unspecified atom stereocenters. The minimum absolute atomic E-state index is 0.212. The topological polar surface area (TPSA) is 79.0 Å². The van der Waals surface area contributed by atoms with Gasteiger partial charge in [-0.1, -0.05) is 42.5 Å². The number of hydrogen-bond acceptors (Lipinski definition) is 4. The number of thiazole rings is 1. The third-order valence-corrected chi connectivity index (χ3v) is 4.95. The molecule has 4 nitrogen and oxygen atoms in total. The molecular weight excluding hydrogens is 359 g/mol. The molecule has 25 heavy (non-hydrogen) atoms. The minimum atomic E-state index is -2.36. The maximum Gasteiger partial charge on any atom is 0.123 e. The molecule has 0 radical (unpaired) electrons. The summed E-state index contributed by atoms with van der Waals surface area (Å²) < 4.78 is 30.8. The van der Waals surface area contributed by atoms with Gasteiger partial charge < -0.3 is 4.55 Å². The predicted octanol–water partition coefficient (Wildman–Crippen LogP) is 3.96. The Balaban J connectivity index is 0.000000415. The van der Waals surface area contributed by atoms with Crippen LogP contribution in [0.25, 0.3) is 11.3 Å². The Kier molecular flexibility index (Phi) is 5.70. The number of benzene rings is 2. The zero-order valence-corrected chi connectivity index (χ0v) is 14.8. The molecule has 7 heteroatoms. The Hall–Kier alpha value is -1.93. The van der Waals surface area contributed by atoms with Crippen LogP contribution in [0.5, 0.6) is 0 Å². The van der Waals surface area contributed by atoms with Crippen molar-refractivity contribution >= 4 is 22.6 Å². The van der Waals surface area contributed by atoms with Gasteiger partial charge in [0.05, 0.1) is 10.7 Å². The molecule has 0 aliphatic heterocycles. The van der Waals surface area contributed by atoms with Crippen LogP contribution in [0.4, 0.5) is 4.39 Å². The van der Waals surface area contributed by atoms with Crippen LogP contribution in [0.3, 0.4) is 0 Å². The quantitative estimate of drug-likeness (QED) is 0.704. The molecule has 0 amide bonds. The van der Waals surface area contributed by atoms with Crippen LogP contribution in [0.15, 0.2) is 60.0 Å². The average molecular weight is 375 g/mol. The summed E-state index contributed by atoms with van der Waals surface area (Å²) in [5.74, 6) is 0.910. The second kappa shape index (κ2) is 7.97. The van der Waals surface area contributed by atoms with E-state index in [0.29, 0.717) is 11.8 Å². The van der Waals surface area contributed by atoms with Crippen LogP contribution in [0.2, 0.25) is 0 Å². The first-order chi connectivity index (χ1) is 12.0. The second-order valence-corrected chi connectivity index (χ2v) is 7.11. The van der Waals surface area contributed by atoms with E-state index in [2.05, 4.69) is 29.4 Å². The number of nitrogens with two attached hydrogens (primary N) is 1. The molecule has 1 aliphatic rings. The van der Waals surface area contributed by atoms with Crippen molar-refractivity contribution in [3.8, 4) is 11.3 Å². The van der Waals surface area contributed by atoms with E-state index in [4.69, 9.17) is 13.7 Å². The maximum absolute atomic E-state index is 13.3. The summed E-state index contributed by atoms with van der Waals surface area (Å²) in [7, 11) is 0. The van der Waals surface area contributed by atoms with Crippen LogP contribution in [0.1, 0.15) is 28.8 Å². The van der Waals surface area contributed by atoms with Gasteiger partial charge >= 0.3 is 0 Å². The van der Waals surface area contributed by atoms with Gasteiger partial charge in [0.15, 0.2) is 0 Å². The predicted molar refractivity (Wildman–Crippen MR) is 97.2 cm³/mol. The lowest BCUT2D eigenvalue weighted by atomic mass is 10.1. The fraction of sp³-hybridized carbons (Fsp3) is 0.167. The second-order valence-electron chi connectivity index (χ2n) is 5.70. The molecular formula is C18H16FN2O2S2-. The SMILES string of the molecule is Fc1cccc(-c2csc([C@@H]3C[C@H]3c3ccccc3)n2)c1.NS(=O)[O-]. The summed E-state index contributed by atoms with van der Waals surface area (Å²) in [4.78, 5) is 4.71. The highest BCUT2D eigenvalue weighted by atomic mass is 32.2. The van der Waals surface area contributed by atoms with Crippen LogP contribution in [-0.2, 0) is 11.3 Å². The summed E-state index contributed by atoms with van der Waals surface area (Å²) in [6, 6.07) is 17.2. The third-order valence-electron chi connectivity index (χ3n) is 3.98. The molecule has 1 heterocycles. The van der Waals surface area contributed by atoms with Crippen molar-refractivity contribution < 1.29 is 13.2 Å². The molecule has 3 aromatic rings. The van der Waals surface area contributed by atoms with Gasteiger partial charge in [0.2, 0.25) is 0 Å². The fourth-order valence-electron chi connectivity index (χ4n) is 2.77. The largest absolute Gasteiger partial charge is 0.760 e. The number of hydrogen-bond donors (Lipinski definition) is 1. The van der Waals surface area contributed by atoms with E-state index in [1.807, 2.05) is 17.5 Å². The van der Waals surface area contributed by atoms with E-state index in [0.717, 1.165) is 11.3 Å². The van der Waals surface area contributed by atoms with Gasteiger partial charge in [-0.2, -0.15) is 0 Å². The first-order valence-electron chi connectivity index (χ1n) is 7.64. The van der Waals surface area contributed by atoms with E-state index in [-0.39, 0.29) is 5.82 Å². The van der Waals surface area contributed by atoms with Gasteiger partial charge in [-0.3, -0.25) is 9.35 Å². The highest BCUT2D eigenvalue weighted by molar-refractivity contribution is 7.76. The maximum atomic E-state index is 13.3. The number of nitrogens with zero attached hydrogens (tertiary/aromatic N) is 1. The Morgan fingerprint density at radius 3 is 2.56 bits per heavy atom. The Morgan fingerprint density at radius 2 is 1.88 bits per heavy atom. The monoisotopic (exact) mass is 375 g/mol. The number of halogens is 1. The average Bonchev–Trinajstić information content (AvgIpc) is 3.24. The van der Waals surface area contributed by atoms with Crippen molar-refractivity contribution in [1.29, 1.82) is 0 Å². The molecule has 1 fully saturated rings. The summed E-state index contributed by atoms with van der Waals surface area (Å²) in [6.45, 7) is 0. The lowest BCUT2D eigenvalue weighted by Crippen LogP contribution is -1.97. The van der Waals surface area contributed by atoms with Crippen molar-refractivity contribution in [3.63, 3.8) is 0 Å². The Morgan fingerprint density at radius 1 is 1.16 bits per heavy atom. The molecule has 1 saturated carbocycles. The van der Waals surface area contributed by atoms with E-state index in [9.17, 15) is 4.39 Å². The van der Waals surface area contributed by atoms with E-state index in [1.165, 1.54) is 23.1 Å². The van der Waals surface area contributed by atoms with Gasteiger partial charge in [-0.25, -0.2) is 9.37 Å². The standard InChI is InChI=1S/C18H14FNS.H3NO2S/c19-14-8-4-7-13(9-14)17-11-21-18(20-17)16-10-15(16)12-5-2-1-3-6-12;1-4(2)3/h1-9,11,15-16H,10H2;1H2,(H,2,3)/p-1/t15-,16+;/m0./s1. The van der Waals surface area contributed by atoms with Crippen LogP contribution < -0.4 is 5.14 Å². The van der Waals surface area contributed by atoms with Crippen LogP contribution in [-0.4, -0.2) is 13.7 Å². The Bertz CT molecular complexity index is 866. The van der Waals surface area contributed by atoms with Gasteiger partial charge in [-0.05, 0) is 30.0 Å².